The zero-order chi connectivity index (χ0) is 36.5. The van der Waals surface area contributed by atoms with Gasteiger partial charge in [0.05, 0.1) is 43.8 Å². The van der Waals surface area contributed by atoms with Crippen LogP contribution in [0.25, 0.3) is 0 Å². The largest absolute Gasteiger partial charge is 0.497 e. The number of aliphatic hydroxyl groups is 2. The molecule has 0 bridgehead atoms. The normalized spacial score (nSPS) is 24.3. The molecular weight excluding hydrogens is 667 g/mol. The van der Waals surface area contributed by atoms with Crippen LogP contribution in [0, 0.1) is 5.92 Å². The molecule has 3 aromatic rings. The van der Waals surface area contributed by atoms with Crippen molar-refractivity contribution in [2.75, 3.05) is 43.3 Å². The van der Waals surface area contributed by atoms with Crippen molar-refractivity contribution >= 4 is 37.2 Å². The van der Waals surface area contributed by atoms with Crippen LogP contribution in [-0.2, 0) is 32.9 Å². The molecule has 4 N–H and O–H groups in total. The Morgan fingerprint density at radius 2 is 1.76 bits per heavy atom. The van der Waals surface area contributed by atoms with Gasteiger partial charge in [-0.3, -0.25) is 14.5 Å². The molecule has 3 heterocycles. The van der Waals surface area contributed by atoms with Crippen molar-refractivity contribution in [2.45, 2.75) is 82.5 Å². The topological polar surface area (TPSA) is 141 Å². The second-order valence-corrected chi connectivity index (χ2v) is 18.3. The van der Waals surface area contributed by atoms with Gasteiger partial charge in [-0.25, -0.2) is 0 Å². The minimum absolute atomic E-state index is 0.0774. The molecule has 0 radical (unpaired) electrons. The standard InChI is InChI=1S/C39H51N3O8Si/c1-6-49-30-13-14-33-27(21-30)22-32(40-17-7-8-18-43)37(45)42(33)28-11-9-10-26(20-28)24-41-34-15-12-29(48-3)23-31(34)39(38(41)46)25(2)36(51(4,5)47)35(50-39)16-19-44/h9-15,20-21,23,25,32,35-36,40,43-44,47H,6-8,16-19,22,24H2,1-5H3/t25-,32?,35+,36-,39+/m1/s1. The lowest BCUT2D eigenvalue weighted by molar-refractivity contribution is -0.146. The van der Waals surface area contributed by atoms with Gasteiger partial charge in [0.2, 0.25) is 5.91 Å². The molecule has 1 saturated heterocycles. The van der Waals surface area contributed by atoms with E-state index in [2.05, 4.69) is 5.32 Å². The number of hydrogen-bond acceptors (Lipinski definition) is 9. The maximum absolute atomic E-state index is 14.8. The number of amides is 2. The average Bonchev–Trinajstić information content (AvgIpc) is 3.53. The van der Waals surface area contributed by atoms with Crippen molar-refractivity contribution in [1.82, 2.24) is 5.32 Å². The van der Waals surface area contributed by atoms with Gasteiger partial charge in [-0.15, -0.1) is 0 Å². The molecule has 5 atom stereocenters. The molecule has 0 saturated carbocycles. The molecule has 2 amide bonds. The summed E-state index contributed by atoms with van der Waals surface area (Å²) in [5.41, 5.74) is 3.04. The molecule has 1 fully saturated rings. The number of ether oxygens (including phenoxy) is 3. The first-order chi connectivity index (χ1) is 24.5. The van der Waals surface area contributed by atoms with Crippen molar-refractivity contribution < 1.29 is 38.8 Å². The monoisotopic (exact) mass is 717 g/mol. The van der Waals surface area contributed by atoms with Crippen LogP contribution < -0.4 is 24.6 Å². The van der Waals surface area contributed by atoms with E-state index in [9.17, 15) is 24.6 Å². The van der Waals surface area contributed by atoms with Crippen LogP contribution in [0.4, 0.5) is 17.1 Å². The van der Waals surface area contributed by atoms with Gasteiger partial charge < -0.3 is 39.4 Å². The third-order valence-corrected chi connectivity index (χ3v) is 13.1. The number of carbonyl (C=O) groups excluding carboxylic acids is 2. The third kappa shape index (κ3) is 6.81. The van der Waals surface area contributed by atoms with E-state index in [4.69, 9.17) is 14.2 Å². The second kappa shape index (κ2) is 15.1. The molecule has 0 aliphatic carbocycles. The average molecular weight is 718 g/mol. The van der Waals surface area contributed by atoms with Crippen LogP contribution in [-0.4, -0.2) is 80.8 Å². The molecule has 3 aliphatic heterocycles. The van der Waals surface area contributed by atoms with E-state index >= 15 is 0 Å². The predicted molar refractivity (Wildman–Crippen MR) is 198 cm³/mol. The number of hydrogen-bond donors (Lipinski definition) is 4. The Morgan fingerprint density at radius 1 is 1.00 bits per heavy atom. The Hall–Kier alpha value is -3.78. The van der Waals surface area contributed by atoms with Gasteiger partial charge in [-0.05, 0) is 112 Å². The first-order valence-corrected chi connectivity index (χ1v) is 21.0. The summed E-state index contributed by atoms with van der Waals surface area (Å²) in [7, 11) is -1.25. The van der Waals surface area contributed by atoms with Crippen molar-refractivity contribution in [2.24, 2.45) is 5.92 Å². The minimum atomic E-state index is -2.84. The Bertz CT molecular complexity index is 1750. The summed E-state index contributed by atoms with van der Waals surface area (Å²) in [5.74, 6) is 0.682. The van der Waals surface area contributed by atoms with Gasteiger partial charge in [-0.1, -0.05) is 19.1 Å². The van der Waals surface area contributed by atoms with Crippen LogP contribution in [0.3, 0.4) is 0 Å². The Kier molecular flexibility index (Phi) is 10.9. The molecule has 3 aromatic carbocycles. The third-order valence-electron chi connectivity index (χ3n) is 10.6. The highest BCUT2D eigenvalue weighted by Crippen LogP contribution is 2.60. The van der Waals surface area contributed by atoms with Gasteiger partial charge in [0.1, 0.15) is 11.5 Å². The molecule has 51 heavy (non-hydrogen) atoms. The number of unbranched alkanes of at least 4 members (excludes halogenated alkanes) is 1. The SMILES string of the molecule is CCOc1ccc2c(c1)CC(NCCCCO)C(=O)N2c1cccc(CN2C(=O)[C@@]3(O[C@@H](CCO)[C@H]([Si](C)(C)O)[C@H]3C)c3cc(OC)ccc32)c1. The van der Waals surface area contributed by atoms with Crippen LogP contribution >= 0.6 is 0 Å². The summed E-state index contributed by atoms with van der Waals surface area (Å²) >= 11 is 0. The molecule has 1 spiro atoms. The first kappa shape index (κ1) is 37.0. The fourth-order valence-corrected chi connectivity index (χ4v) is 11.0. The van der Waals surface area contributed by atoms with Gasteiger partial charge in [0.25, 0.3) is 5.91 Å². The number of benzene rings is 3. The molecule has 11 nitrogen and oxygen atoms in total. The Balaban J connectivity index is 1.36. The first-order valence-electron chi connectivity index (χ1n) is 18.0. The lowest BCUT2D eigenvalue weighted by atomic mass is 9.82. The van der Waals surface area contributed by atoms with E-state index in [0.29, 0.717) is 55.1 Å². The number of rotatable bonds is 14. The fraction of sp³-hybridized carbons (Fsp3) is 0.487. The van der Waals surface area contributed by atoms with Crippen molar-refractivity contribution in [3.05, 3.63) is 77.4 Å². The maximum atomic E-state index is 14.8. The smallest absolute Gasteiger partial charge is 0.264 e. The van der Waals surface area contributed by atoms with Gasteiger partial charge in [0.15, 0.2) is 13.9 Å². The number of nitrogens with one attached hydrogen (secondary N) is 1. The highest BCUT2D eigenvalue weighted by molar-refractivity contribution is 6.71. The van der Waals surface area contributed by atoms with E-state index < -0.39 is 26.1 Å². The molecule has 1 unspecified atom stereocenters. The number of anilines is 3. The highest BCUT2D eigenvalue weighted by atomic mass is 28.4. The Morgan fingerprint density at radius 3 is 2.47 bits per heavy atom. The van der Waals surface area contributed by atoms with E-state index in [1.165, 1.54) is 0 Å². The predicted octanol–water partition coefficient (Wildman–Crippen LogP) is 4.77. The van der Waals surface area contributed by atoms with Crippen LogP contribution in [0.5, 0.6) is 11.5 Å². The second-order valence-electron chi connectivity index (χ2n) is 14.4. The lowest BCUT2D eigenvalue weighted by Gasteiger charge is -2.35. The van der Waals surface area contributed by atoms with Crippen LogP contribution in [0.1, 0.15) is 49.8 Å². The molecule has 0 aromatic heterocycles. The molecule has 6 rings (SSSR count). The van der Waals surface area contributed by atoms with E-state index in [-0.39, 0.29) is 43.0 Å². The zero-order valence-electron chi connectivity index (χ0n) is 30.2. The summed E-state index contributed by atoms with van der Waals surface area (Å²) < 4.78 is 18.1. The van der Waals surface area contributed by atoms with Gasteiger partial charge in [-0.2, -0.15) is 0 Å². The fourth-order valence-electron chi connectivity index (χ4n) is 8.43. The summed E-state index contributed by atoms with van der Waals surface area (Å²) in [6.45, 7) is 8.99. The van der Waals surface area contributed by atoms with Crippen molar-refractivity contribution in [3.63, 3.8) is 0 Å². The Labute approximate surface area is 301 Å². The van der Waals surface area contributed by atoms with E-state index in [0.717, 1.165) is 29.0 Å². The van der Waals surface area contributed by atoms with E-state index in [1.54, 1.807) is 16.9 Å². The summed E-state index contributed by atoms with van der Waals surface area (Å²) in [5, 5.41) is 22.6. The van der Waals surface area contributed by atoms with Crippen LogP contribution in [0.2, 0.25) is 18.6 Å². The zero-order valence-corrected chi connectivity index (χ0v) is 31.2. The number of carbonyl (C=O) groups is 2. The number of aliphatic hydroxyl groups excluding tert-OH is 2. The molecule has 3 aliphatic rings. The summed E-state index contributed by atoms with van der Waals surface area (Å²) in [6.07, 6.45) is 1.75. The van der Waals surface area contributed by atoms with Crippen LogP contribution in [0.15, 0.2) is 60.7 Å². The molecule has 274 valence electrons. The quantitative estimate of drug-likeness (QED) is 0.137. The summed E-state index contributed by atoms with van der Waals surface area (Å²) in [6, 6.07) is 18.6. The van der Waals surface area contributed by atoms with Crippen molar-refractivity contribution in [3.8, 4) is 11.5 Å². The van der Waals surface area contributed by atoms with Gasteiger partial charge in [0, 0.05) is 35.9 Å². The summed E-state index contributed by atoms with van der Waals surface area (Å²) in [4.78, 5) is 43.9. The molecular formula is C39H51N3O8Si. The highest BCUT2D eigenvalue weighted by Gasteiger charge is 2.66. The lowest BCUT2D eigenvalue weighted by Crippen LogP contribution is -2.49. The van der Waals surface area contributed by atoms with Gasteiger partial charge >= 0.3 is 0 Å². The number of methoxy groups -OCH3 is 1. The number of nitrogens with zero attached hydrogens (tertiary/aromatic N) is 2. The maximum Gasteiger partial charge on any atom is 0.264 e. The van der Waals surface area contributed by atoms with Crippen molar-refractivity contribution in [1.29, 1.82) is 0 Å². The van der Waals surface area contributed by atoms with E-state index in [1.807, 2.05) is 87.6 Å². The molecule has 12 heteroatoms. The number of fused-ring (bicyclic) bond motifs is 3. The minimum Gasteiger partial charge on any atom is -0.497 e.